The Morgan fingerprint density at radius 3 is 2.71 bits per heavy atom. The van der Waals surface area contributed by atoms with Crippen molar-refractivity contribution >= 4 is 23.0 Å². The average Bonchev–Trinajstić information content (AvgIpc) is 3.59. The molecule has 2 fully saturated rings. The SMILES string of the molecule is Cc1cccc2c1N(C1CC1)CCN2C(=O)c1cncc(N2CCOCC2)c1. The molecule has 1 aliphatic carbocycles. The van der Waals surface area contributed by atoms with Gasteiger partial charge < -0.3 is 19.4 Å². The highest BCUT2D eigenvalue weighted by atomic mass is 16.5. The first kappa shape index (κ1) is 17.5. The molecule has 1 amide bonds. The molecule has 0 radical (unpaired) electrons. The molecule has 1 saturated carbocycles. The second-order valence-corrected chi connectivity index (χ2v) is 7.86. The molecule has 28 heavy (non-hydrogen) atoms. The molecule has 6 nitrogen and oxygen atoms in total. The highest BCUT2D eigenvalue weighted by molar-refractivity contribution is 6.09. The summed E-state index contributed by atoms with van der Waals surface area (Å²) in [7, 11) is 0. The molecule has 1 saturated heterocycles. The number of fused-ring (bicyclic) bond motifs is 1. The van der Waals surface area contributed by atoms with Crippen LogP contribution in [0.2, 0.25) is 0 Å². The maximum Gasteiger partial charge on any atom is 0.260 e. The van der Waals surface area contributed by atoms with Gasteiger partial charge in [0.2, 0.25) is 0 Å². The van der Waals surface area contributed by atoms with E-state index >= 15 is 0 Å². The molecular formula is C22H26N4O2. The van der Waals surface area contributed by atoms with Crippen LogP contribution in [-0.4, -0.2) is 56.3 Å². The smallest absolute Gasteiger partial charge is 0.260 e. The van der Waals surface area contributed by atoms with Crippen LogP contribution in [0, 0.1) is 6.92 Å². The zero-order valence-electron chi connectivity index (χ0n) is 16.3. The van der Waals surface area contributed by atoms with Crippen LogP contribution in [-0.2, 0) is 4.74 Å². The quantitative estimate of drug-likeness (QED) is 0.822. The summed E-state index contributed by atoms with van der Waals surface area (Å²) in [6.45, 7) is 6.85. The third-order valence-corrected chi connectivity index (χ3v) is 5.94. The van der Waals surface area contributed by atoms with E-state index in [0.29, 0.717) is 31.4 Å². The maximum absolute atomic E-state index is 13.4. The summed E-state index contributed by atoms with van der Waals surface area (Å²) in [6.07, 6.45) is 6.04. The molecule has 0 atom stereocenters. The van der Waals surface area contributed by atoms with Crippen molar-refractivity contribution in [3.63, 3.8) is 0 Å². The van der Waals surface area contributed by atoms with Gasteiger partial charge in [-0.3, -0.25) is 9.78 Å². The summed E-state index contributed by atoms with van der Waals surface area (Å²) in [4.78, 5) is 24.4. The Morgan fingerprint density at radius 1 is 1.11 bits per heavy atom. The Hall–Kier alpha value is -2.60. The number of carbonyl (C=O) groups excluding carboxylic acids is 1. The zero-order chi connectivity index (χ0) is 19.1. The summed E-state index contributed by atoms with van der Waals surface area (Å²) in [5.41, 5.74) is 5.13. The van der Waals surface area contributed by atoms with Crippen molar-refractivity contribution in [2.24, 2.45) is 0 Å². The van der Waals surface area contributed by atoms with Crippen LogP contribution < -0.4 is 14.7 Å². The molecule has 0 spiro atoms. The molecule has 0 unspecified atom stereocenters. The van der Waals surface area contributed by atoms with E-state index in [1.807, 2.05) is 23.2 Å². The molecule has 146 valence electrons. The second kappa shape index (κ2) is 7.09. The summed E-state index contributed by atoms with van der Waals surface area (Å²) < 4.78 is 5.44. The third-order valence-electron chi connectivity index (χ3n) is 5.94. The zero-order valence-corrected chi connectivity index (χ0v) is 16.3. The number of hydrogen-bond donors (Lipinski definition) is 0. The number of ether oxygens (including phenoxy) is 1. The number of amides is 1. The third kappa shape index (κ3) is 3.11. The molecule has 0 bridgehead atoms. The van der Waals surface area contributed by atoms with Crippen molar-refractivity contribution in [3.05, 3.63) is 47.8 Å². The van der Waals surface area contributed by atoms with Crippen LogP contribution in [0.3, 0.4) is 0 Å². The van der Waals surface area contributed by atoms with Crippen molar-refractivity contribution < 1.29 is 9.53 Å². The lowest BCUT2D eigenvalue weighted by atomic mass is 10.1. The van der Waals surface area contributed by atoms with Gasteiger partial charge in [0.25, 0.3) is 5.91 Å². The van der Waals surface area contributed by atoms with Gasteiger partial charge in [0, 0.05) is 38.4 Å². The number of anilines is 3. The first-order valence-electron chi connectivity index (χ1n) is 10.2. The minimum Gasteiger partial charge on any atom is -0.378 e. The number of benzene rings is 1. The monoisotopic (exact) mass is 378 g/mol. The van der Waals surface area contributed by atoms with Crippen molar-refractivity contribution in [2.45, 2.75) is 25.8 Å². The second-order valence-electron chi connectivity index (χ2n) is 7.86. The summed E-state index contributed by atoms with van der Waals surface area (Å²) in [5, 5.41) is 0. The van der Waals surface area contributed by atoms with Crippen LogP contribution in [0.25, 0.3) is 0 Å². The van der Waals surface area contributed by atoms with Crippen LogP contribution in [0.4, 0.5) is 17.1 Å². The van der Waals surface area contributed by atoms with Gasteiger partial charge in [0.05, 0.1) is 42.0 Å². The van der Waals surface area contributed by atoms with Crippen LogP contribution in [0.15, 0.2) is 36.7 Å². The Morgan fingerprint density at radius 2 is 1.93 bits per heavy atom. The number of aromatic nitrogens is 1. The topological polar surface area (TPSA) is 48.9 Å². The summed E-state index contributed by atoms with van der Waals surface area (Å²) in [6, 6.07) is 8.89. The van der Waals surface area contributed by atoms with E-state index in [0.717, 1.165) is 31.0 Å². The molecule has 3 heterocycles. The van der Waals surface area contributed by atoms with Gasteiger partial charge in [-0.25, -0.2) is 0 Å². The lowest BCUT2D eigenvalue weighted by Crippen LogP contribution is -2.45. The van der Waals surface area contributed by atoms with Crippen LogP contribution in [0.1, 0.15) is 28.8 Å². The van der Waals surface area contributed by atoms with Gasteiger partial charge in [0.15, 0.2) is 0 Å². The fraction of sp³-hybridized carbons (Fsp3) is 0.455. The van der Waals surface area contributed by atoms with Crippen molar-refractivity contribution in [2.75, 3.05) is 54.1 Å². The Bertz CT molecular complexity index is 890. The summed E-state index contributed by atoms with van der Waals surface area (Å²) >= 11 is 0. The Balaban J connectivity index is 1.46. The minimum atomic E-state index is 0.0323. The van der Waals surface area contributed by atoms with E-state index in [1.165, 1.54) is 24.1 Å². The number of carbonyl (C=O) groups is 1. The largest absolute Gasteiger partial charge is 0.378 e. The molecule has 6 heteroatoms. The molecule has 1 aromatic heterocycles. The lowest BCUT2D eigenvalue weighted by Gasteiger charge is -2.39. The van der Waals surface area contributed by atoms with Crippen LogP contribution >= 0.6 is 0 Å². The molecule has 5 rings (SSSR count). The maximum atomic E-state index is 13.4. The van der Waals surface area contributed by atoms with E-state index in [-0.39, 0.29) is 5.91 Å². The van der Waals surface area contributed by atoms with Crippen molar-refractivity contribution in [3.8, 4) is 0 Å². The molecule has 2 aromatic rings. The number of para-hydroxylation sites is 1. The minimum absolute atomic E-state index is 0.0323. The molecule has 3 aliphatic rings. The van der Waals surface area contributed by atoms with E-state index in [1.54, 1.807) is 6.20 Å². The predicted octanol–water partition coefficient (Wildman–Crippen LogP) is 2.86. The molecule has 0 N–H and O–H groups in total. The number of aryl methyl sites for hydroxylation is 1. The standard InChI is InChI=1S/C22H26N4O2/c1-16-3-2-4-20-21(16)25(18-5-6-18)7-8-26(20)22(27)17-13-19(15-23-14-17)24-9-11-28-12-10-24/h2-4,13-15,18H,5-12H2,1H3. The van der Waals surface area contributed by atoms with Gasteiger partial charge in [-0.2, -0.15) is 0 Å². The molecule has 2 aliphatic heterocycles. The van der Waals surface area contributed by atoms with Gasteiger partial charge in [0.1, 0.15) is 0 Å². The number of pyridine rings is 1. The van der Waals surface area contributed by atoms with Gasteiger partial charge >= 0.3 is 0 Å². The van der Waals surface area contributed by atoms with Crippen LogP contribution in [0.5, 0.6) is 0 Å². The van der Waals surface area contributed by atoms with Crippen molar-refractivity contribution in [1.29, 1.82) is 0 Å². The van der Waals surface area contributed by atoms with Crippen molar-refractivity contribution in [1.82, 2.24) is 4.98 Å². The predicted molar refractivity (Wildman–Crippen MR) is 110 cm³/mol. The summed E-state index contributed by atoms with van der Waals surface area (Å²) in [5.74, 6) is 0.0323. The fourth-order valence-electron chi connectivity index (χ4n) is 4.33. The Labute approximate surface area is 165 Å². The first-order valence-corrected chi connectivity index (χ1v) is 10.2. The Kier molecular flexibility index (Phi) is 4.43. The highest BCUT2D eigenvalue weighted by Crippen LogP contribution is 2.42. The van der Waals surface area contributed by atoms with Gasteiger partial charge in [-0.05, 0) is 37.5 Å². The highest BCUT2D eigenvalue weighted by Gasteiger charge is 2.36. The molecule has 1 aromatic carbocycles. The van der Waals surface area contributed by atoms with Gasteiger partial charge in [-0.15, -0.1) is 0 Å². The van der Waals surface area contributed by atoms with E-state index < -0.39 is 0 Å². The lowest BCUT2D eigenvalue weighted by molar-refractivity contribution is 0.0986. The number of rotatable bonds is 3. The number of morpholine rings is 1. The average molecular weight is 378 g/mol. The van der Waals surface area contributed by atoms with E-state index in [9.17, 15) is 4.79 Å². The normalized spacial score (nSPS) is 19.5. The van der Waals surface area contributed by atoms with E-state index in [4.69, 9.17) is 4.74 Å². The van der Waals surface area contributed by atoms with Gasteiger partial charge in [-0.1, -0.05) is 12.1 Å². The molecular weight excluding hydrogens is 352 g/mol. The number of hydrogen-bond acceptors (Lipinski definition) is 5. The van der Waals surface area contributed by atoms with E-state index in [2.05, 4.69) is 33.8 Å². The first-order chi connectivity index (χ1) is 13.7. The number of nitrogens with zero attached hydrogens (tertiary/aromatic N) is 4. The fourth-order valence-corrected chi connectivity index (χ4v) is 4.33.